The summed E-state index contributed by atoms with van der Waals surface area (Å²) in [5.74, 6) is 0.894. The van der Waals surface area contributed by atoms with E-state index in [0.29, 0.717) is 22.2 Å². The molecule has 20 heavy (non-hydrogen) atoms. The second-order valence-electron chi connectivity index (χ2n) is 4.43. The van der Waals surface area contributed by atoms with E-state index < -0.39 is 0 Å². The van der Waals surface area contributed by atoms with Crippen LogP contribution in [-0.4, -0.2) is 10.8 Å². The Bertz CT molecular complexity index is 656. The summed E-state index contributed by atoms with van der Waals surface area (Å²) in [6, 6.07) is 8.96. The van der Waals surface area contributed by atoms with Crippen LogP contribution in [0.15, 0.2) is 30.3 Å². The number of aromatic nitrogens is 1. The largest absolute Gasteiger partial charge is 0.438 e. The molecule has 0 aliphatic heterocycles. The fraction of sp³-hybridized carbons (Fsp3) is 0.200. The fourth-order valence-corrected chi connectivity index (χ4v) is 2.06. The third-order valence-corrected chi connectivity index (χ3v) is 3.27. The predicted molar refractivity (Wildman–Crippen MR) is 80.9 cm³/mol. The first-order valence-corrected chi connectivity index (χ1v) is 6.67. The summed E-state index contributed by atoms with van der Waals surface area (Å²) in [7, 11) is 0. The van der Waals surface area contributed by atoms with Crippen molar-refractivity contribution >= 4 is 17.4 Å². The first-order chi connectivity index (χ1) is 9.51. The van der Waals surface area contributed by atoms with Gasteiger partial charge in [0.1, 0.15) is 11.6 Å². The molecule has 0 radical (unpaired) electrons. The molecule has 2 rings (SSSR count). The lowest BCUT2D eigenvalue weighted by Crippen LogP contribution is -2.13. The summed E-state index contributed by atoms with van der Waals surface area (Å²) in [4.78, 5) is 4.29. The number of nitrogens with one attached hydrogen (secondary N) is 1. The van der Waals surface area contributed by atoms with Crippen molar-refractivity contribution < 1.29 is 4.74 Å². The van der Waals surface area contributed by atoms with E-state index in [2.05, 4.69) is 4.98 Å². The van der Waals surface area contributed by atoms with Crippen LogP contribution < -0.4 is 10.5 Å². The number of hydrogen-bond donors (Lipinski definition) is 2. The summed E-state index contributed by atoms with van der Waals surface area (Å²) in [6.45, 7) is 3.88. The average Bonchev–Trinajstić information content (AvgIpc) is 2.40. The van der Waals surface area contributed by atoms with Crippen molar-refractivity contribution in [2.24, 2.45) is 5.73 Å². The standard InChI is InChI=1S/C15H16ClN3O/c1-3-10-8-11(5-7-13(10)16)20-15-12(14(17)18)6-4-9(2)19-15/h4-8H,3H2,1-2H3,(H3,17,18). The SMILES string of the molecule is CCc1cc(Oc2nc(C)ccc2C(=N)N)ccc1Cl. The van der Waals surface area contributed by atoms with Gasteiger partial charge in [-0.2, -0.15) is 0 Å². The Morgan fingerprint density at radius 1 is 1.35 bits per heavy atom. The van der Waals surface area contributed by atoms with Gasteiger partial charge in [-0.25, -0.2) is 4.98 Å². The highest BCUT2D eigenvalue weighted by molar-refractivity contribution is 6.31. The molecule has 0 saturated heterocycles. The van der Waals surface area contributed by atoms with E-state index in [9.17, 15) is 0 Å². The smallest absolute Gasteiger partial charge is 0.230 e. The Morgan fingerprint density at radius 2 is 2.10 bits per heavy atom. The van der Waals surface area contributed by atoms with Gasteiger partial charge >= 0.3 is 0 Å². The topological polar surface area (TPSA) is 72.0 Å². The van der Waals surface area contributed by atoms with Crippen molar-refractivity contribution in [2.75, 3.05) is 0 Å². The molecule has 0 spiro atoms. The highest BCUT2D eigenvalue weighted by atomic mass is 35.5. The van der Waals surface area contributed by atoms with Crippen molar-refractivity contribution in [2.45, 2.75) is 20.3 Å². The van der Waals surface area contributed by atoms with Gasteiger partial charge in [0.05, 0.1) is 5.56 Å². The molecular weight excluding hydrogens is 274 g/mol. The van der Waals surface area contributed by atoms with Crippen molar-refractivity contribution in [3.63, 3.8) is 0 Å². The van der Waals surface area contributed by atoms with E-state index >= 15 is 0 Å². The van der Waals surface area contributed by atoms with Gasteiger partial charge in [0.15, 0.2) is 0 Å². The Morgan fingerprint density at radius 3 is 2.75 bits per heavy atom. The third-order valence-electron chi connectivity index (χ3n) is 2.90. The zero-order chi connectivity index (χ0) is 14.7. The van der Waals surface area contributed by atoms with Crippen LogP contribution in [0.4, 0.5) is 0 Å². The summed E-state index contributed by atoms with van der Waals surface area (Å²) in [5.41, 5.74) is 7.82. The molecule has 1 aromatic carbocycles. The maximum atomic E-state index is 7.56. The molecule has 0 aliphatic rings. The van der Waals surface area contributed by atoms with Crippen molar-refractivity contribution in [1.29, 1.82) is 5.41 Å². The number of nitrogens with two attached hydrogens (primary N) is 1. The van der Waals surface area contributed by atoms with Crippen LogP contribution in [0.3, 0.4) is 0 Å². The number of nitrogens with zero attached hydrogens (tertiary/aromatic N) is 1. The number of amidine groups is 1. The normalized spacial score (nSPS) is 10.3. The molecule has 0 atom stereocenters. The van der Waals surface area contributed by atoms with Gasteiger partial charge in [0.2, 0.25) is 5.88 Å². The molecule has 5 heteroatoms. The van der Waals surface area contributed by atoms with Crippen LogP contribution in [0.1, 0.15) is 23.7 Å². The zero-order valence-corrected chi connectivity index (χ0v) is 12.2. The van der Waals surface area contributed by atoms with E-state index in [1.807, 2.05) is 19.9 Å². The van der Waals surface area contributed by atoms with Gasteiger partial charge in [-0.1, -0.05) is 18.5 Å². The highest BCUT2D eigenvalue weighted by Gasteiger charge is 2.11. The summed E-state index contributed by atoms with van der Waals surface area (Å²) in [6.07, 6.45) is 0.816. The van der Waals surface area contributed by atoms with Gasteiger partial charge in [0, 0.05) is 10.7 Å². The lowest BCUT2D eigenvalue weighted by atomic mass is 10.1. The molecule has 0 amide bonds. The zero-order valence-electron chi connectivity index (χ0n) is 11.4. The van der Waals surface area contributed by atoms with Crippen LogP contribution in [-0.2, 0) is 6.42 Å². The van der Waals surface area contributed by atoms with Gasteiger partial charge in [-0.05, 0) is 49.2 Å². The fourth-order valence-electron chi connectivity index (χ4n) is 1.81. The van der Waals surface area contributed by atoms with E-state index in [4.69, 9.17) is 27.5 Å². The van der Waals surface area contributed by atoms with Gasteiger partial charge in [-0.3, -0.25) is 5.41 Å². The lowest BCUT2D eigenvalue weighted by molar-refractivity contribution is 0.460. The van der Waals surface area contributed by atoms with Gasteiger partial charge in [0.25, 0.3) is 0 Å². The molecule has 0 aliphatic carbocycles. The summed E-state index contributed by atoms with van der Waals surface area (Å²) in [5, 5.41) is 8.27. The maximum absolute atomic E-state index is 7.56. The molecule has 4 nitrogen and oxygen atoms in total. The first kappa shape index (κ1) is 14.3. The Balaban J connectivity index is 2.39. The number of halogens is 1. The minimum atomic E-state index is -0.0721. The molecule has 0 unspecified atom stereocenters. The number of nitrogen functional groups attached to an aromatic ring is 1. The molecule has 1 aromatic heterocycles. The van der Waals surface area contributed by atoms with E-state index in [1.165, 1.54) is 0 Å². The predicted octanol–water partition coefficient (Wildman–Crippen LogP) is 3.68. The second kappa shape index (κ2) is 5.92. The van der Waals surface area contributed by atoms with E-state index in [0.717, 1.165) is 17.7 Å². The summed E-state index contributed by atoms with van der Waals surface area (Å²) < 4.78 is 5.76. The number of aryl methyl sites for hydroxylation is 2. The molecule has 0 fully saturated rings. The van der Waals surface area contributed by atoms with Gasteiger partial charge in [-0.15, -0.1) is 0 Å². The highest BCUT2D eigenvalue weighted by Crippen LogP contribution is 2.27. The quantitative estimate of drug-likeness (QED) is 0.666. The Kier molecular flexibility index (Phi) is 4.25. The average molecular weight is 290 g/mol. The van der Waals surface area contributed by atoms with Crippen LogP contribution in [0.5, 0.6) is 11.6 Å². The number of hydrogen-bond acceptors (Lipinski definition) is 3. The minimum Gasteiger partial charge on any atom is -0.438 e. The van der Waals surface area contributed by atoms with Crippen LogP contribution in [0.2, 0.25) is 5.02 Å². The van der Waals surface area contributed by atoms with Gasteiger partial charge < -0.3 is 10.5 Å². The molecule has 0 bridgehead atoms. The van der Waals surface area contributed by atoms with E-state index in [-0.39, 0.29) is 5.84 Å². The van der Waals surface area contributed by atoms with Crippen LogP contribution in [0.25, 0.3) is 0 Å². The molecule has 3 N–H and O–H groups in total. The molecular formula is C15H16ClN3O. The molecule has 2 aromatic rings. The minimum absolute atomic E-state index is 0.0721. The second-order valence-corrected chi connectivity index (χ2v) is 4.84. The number of benzene rings is 1. The van der Waals surface area contributed by atoms with Crippen LogP contribution >= 0.6 is 11.6 Å². The molecule has 104 valence electrons. The monoisotopic (exact) mass is 289 g/mol. The summed E-state index contributed by atoms with van der Waals surface area (Å²) >= 11 is 6.08. The number of ether oxygens (including phenoxy) is 1. The Labute approximate surface area is 123 Å². The van der Waals surface area contributed by atoms with Crippen molar-refractivity contribution in [1.82, 2.24) is 4.98 Å². The third kappa shape index (κ3) is 3.08. The number of pyridine rings is 1. The molecule has 0 saturated carbocycles. The Hall–Kier alpha value is -2.07. The lowest BCUT2D eigenvalue weighted by Gasteiger charge is -2.11. The van der Waals surface area contributed by atoms with E-state index in [1.54, 1.807) is 24.3 Å². The molecule has 1 heterocycles. The first-order valence-electron chi connectivity index (χ1n) is 6.29. The van der Waals surface area contributed by atoms with Crippen LogP contribution in [0, 0.1) is 12.3 Å². The number of rotatable bonds is 4. The maximum Gasteiger partial charge on any atom is 0.230 e. The van der Waals surface area contributed by atoms with Crippen molar-refractivity contribution in [3.8, 4) is 11.6 Å². The van der Waals surface area contributed by atoms with Crippen molar-refractivity contribution in [3.05, 3.63) is 52.2 Å².